The predicted octanol–water partition coefficient (Wildman–Crippen LogP) is 1.49. The minimum atomic E-state index is -4.75. The molecule has 0 radical (unpaired) electrons. The van der Waals surface area contributed by atoms with Crippen LogP contribution in [0, 0.1) is 0 Å². The van der Waals surface area contributed by atoms with E-state index in [0.717, 1.165) is 42.7 Å². The van der Waals surface area contributed by atoms with E-state index in [4.69, 9.17) is 0 Å². The number of quaternary nitrogens is 1. The average Bonchev–Trinajstić information content (AvgIpc) is 2.55. The van der Waals surface area contributed by atoms with Crippen LogP contribution in [0.4, 0.5) is 18.9 Å². The van der Waals surface area contributed by atoms with Crippen molar-refractivity contribution in [2.45, 2.75) is 44.5 Å². The van der Waals surface area contributed by atoms with Gasteiger partial charge in [0.15, 0.2) is 13.1 Å². The Kier molecular flexibility index (Phi) is 7.46. The highest BCUT2D eigenvalue weighted by molar-refractivity contribution is 5.91. The van der Waals surface area contributed by atoms with Crippen molar-refractivity contribution >= 4 is 17.5 Å². The molecule has 0 heterocycles. The van der Waals surface area contributed by atoms with E-state index in [-0.39, 0.29) is 36.7 Å². The van der Waals surface area contributed by atoms with Crippen LogP contribution in [0.2, 0.25) is 0 Å². The number of hydrogen-bond acceptors (Lipinski definition) is 3. The lowest BCUT2D eigenvalue weighted by atomic mass is 9.95. The van der Waals surface area contributed by atoms with Crippen LogP contribution >= 0.6 is 0 Å². The van der Waals surface area contributed by atoms with Gasteiger partial charge in [-0.05, 0) is 37.1 Å². The molecule has 2 amide bonds. The molecule has 2 rings (SSSR count). The number of benzene rings is 1. The number of nitrogens with one attached hydrogen (secondary N) is 3. The second-order valence-electron chi connectivity index (χ2n) is 6.83. The van der Waals surface area contributed by atoms with E-state index in [2.05, 4.69) is 15.4 Å². The van der Waals surface area contributed by atoms with E-state index in [1.54, 1.807) is 7.05 Å². The van der Waals surface area contributed by atoms with E-state index < -0.39 is 6.36 Å². The standard InChI is InChI=1S/C18H24F3N3O3/c1-24(11-16(25)22-13-5-3-2-4-6-13)12-17(26)23-14-7-9-15(10-8-14)27-18(19,20)21/h7-10,13H,2-6,11-12H2,1H3,(H,22,25)(H,23,26)/p+1. The summed E-state index contributed by atoms with van der Waals surface area (Å²) in [7, 11) is 1.74. The maximum atomic E-state index is 12.1. The number of alkyl halides is 3. The summed E-state index contributed by atoms with van der Waals surface area (Å²) in [5, 5.41) is 5.59. The average molecular weight is 388 g/mol. The third-order valence-corrected chi connectivity index (χ3v) is 4.27. The molecule has 6 nitrogen and oxygen atoms in total. The Hall–Kier alpha value is -2.29. The van der Waals surface area contributed by atoms with Crippen LogP contribution in [0.25, 0.3) is 0 Å². The molecule has 27 heavy (non-hydrogen) atoms. The fourth-order valence-electron chi connectivity index (χ4n) is 3.08. The van der Waals surface area contributed by atoms with Crippen LogP contribution in [0.1, 0.15) is 32.1 Å². The summed E-state index contributed by atoms with van der Waals surface area (Å²) in [6.07, 6.45) is 0.709. The number of hydrogen-bond donors (Lipinski definition) is 3. The van der Waals surface area contributed by atoms with Gasteiger partial charge < -0.3 is 20.3 Å². The van der Waals surface area contributed by atoms with Gasteiger partial charge in [0.2, 0.25) is 0 Å². The molecule has 9 heteroatoms. The highest BCUT2D eigenvalue weighted by Crippen LogP contribution is 2.23. The fourth-order valence-corrected chi connectivity index (χ4v) is 3.08. The minimum absolute atomic E-state index is 0.0683. The topological polar surface area (TPSA) is 71.9 Å². The molecule has 1 aromatic carbocycles. The number of likely N-dealkylation sites (N-methyl/N-ethyl adjacent to an activating group) is 1. The largest absolute Gasteiger partial charge is 0.573 e. The van der Waals surface area contributed by atoms with Gasteiger partial charge in [0, 0.05) is 11.7 Å². The Labute approximate surface area is 156 Å². The lowest BCUT2D eigenvalue weighted by Gasteiger charge is -2.23. The quantitative estimate of drug-likeness (QED) is 0.663. The monoisotopic (exact) mass is 388 g/mol. The Morgan fingerprint density at radius 1 is 1.07 bits per heavy atom. The molecule has 1 unspecified atom stereocenters. The summed E-state index contributed by atoms with van der Waals surface area (Å²) in [5.41, 5.74) is 0.356. The molecule has 0 saturated heterocycles. The Bertz CT molecular complexity index is 629. The van der Waals surface area contributed by atoms with Gasteiger partial charge in [0.25, 0.3) is 11.8 Å². The third kappa shape index (κ3) is 8.29. The molecule has 1 atom stereocenters. The third-order valence-electron chi connectivity index (χ3n) is 4.27. The number of halogens is 3. The normalized spacial score (nSPS) is 16.4. The highest BCUT2D eigenvalue weighted by Gasteiger charge is 2.31. The molecular weight excluding hydrogens is 363 g/mol. The summed E-state index contributed by atoms with van der Waals surface area (Å²) < 4.78 is 40.1. The molecule has 0 aromatic heterocycles. The van der Waals surface area contributed by atoms with E-state index in [1.807, 2.05) is 0 Å². The molecule has 0 aliphatic heterocycles. The van der Waals surface area contributed by atoms with E-state index >= 15 is 0 Å². The molecular formula is C18H25F3N3O3+. The lowest BCUT2D eigenvalue weighted by Crippen LogP contribution is -3.11. The summed E-state index contributed by atoms with van der Waals surface area (Å²) in [6, 6.07) is 5.12. The van der Waals surface area contributed by atoms with Crippen LogP contribution in [-0.4, -0.2) is 44.4 Å². The van der Waals surface area contributed by atoms with Crippen LogP contribution in [0.15, 0.2) is 24.3 Å². The van der Waals surface area contributed by atoms with Gasteiger partial charge in [0.1, 0.15) is 5.75 Å². The maximum Gasteiger partial charge on any atom is 0.573 e. The number of amides is 2. The van der Waals surface area contributed by atoms with Crippen molar-refractivity contribution in [3.05, 3.63) is 24.3 Å². The number of carbonyl (C=O) groups is 2. The maximum absolute atomic E-state index is 12.1. The summed E-state index contributed by atoms with van der Waals surface area (Å²) in [4.78, 5) is 24.8. The van der Waals surface area contributed by atoms with Crippen molar-refractivity contribution in [2.75, 3.05) is 25.5 Å². The number of carbonyl (C=O) groups excluding carboxylic acids is 2. The number of ether oxygens (including phenoxy) is 1. The first kappa shape index (κ1) is 21.0. The zero-order valence-electron chi connectivity index (χ0n) is 15.2. The van der Waals surface area contributed by atoms with Crippen LogP contribution in [-0.2, 0) is 9.59 Å². The second kappa shape index (κ2) is 9.59. The molecule has 1 aromatic rings. The smallest absolute Gasteiger partial charge is 0.406 e. The van der Waals surface area contributed by atoms with Crippen molar-refractivity contribution < 1.29 is 32.4 Å². The van der Waals surface area contributed by atoms with Crippen molar-refractivity contribution in [2.24, 2.45) is 0 Å². The fraction of sp³-hybridized carbons (Fsp3) is 0.556. The SMILES string of the molecule is C[NH+](CC(=O)Nc1ccc(OC(F)(F)F)cc1)CC(=O)NC1CCCCC1. The van der Waals surface area contributed by atoms with Gasteiger partial charge in [-0.15, -0.1) is 13.2 Å². The first-order valence-corrected chi connectivity index (χ1v) is 8.97. The molecule has 150 valence electrons. The molecule has 0 spiro atoms. The van der Waals surface area contributed by atoms with Crippen LogP contribution in [0.3, 0.4) is 0 Å². The number of anilines is 1. The highest BCUT2D eigenvalue weighted by atomic mass is 19.4. The first-order chi connectivity index (χ1) is 12.7. The lowest BCUT2D eigenvalue weighted by molar-refractivity contribution is -0.862. The van der Waals surface area contributed by atoms with E-state index in [1.165, 1.54) is 18.6 Å². The summed E-state index contributed by atoms with van der Waals surface area (Å²) >= 11 is 0. The van der Waals surface area contributed by atoms with E-state index in [0.29, 0.717) is 5.69 Å². The molecule has 1 saturated carbocycles. The van der Waals surface area contributed by atoms with Gasteiger partial charge in [0.05, 0.1) is 7.05 Å². The zero-order valence-corrected chi connectivity index (χ0v) is 15.2. The van der Waals surface area contributed by atoms with Crippen molar-refractivity contribution in [3.8, 4) is 5.75 Å². The van der Waals surface area contributed by atoms with Gasteiger partial charge in [-0.1, -0.05) is 19.3 Å². The minimum Gasteiger partial charge on any atom is -0.406 e. The van der Waals surface area contributed by atoms with Crippen molar-refractivity contribution in [1.82, 2.24) is 5.32 Å². The van der Waals surface area contributed by atoms with Crippen molar-refractivity contribution in [1.29, 1.82) is 0 Å². The van der Waals surface area contributed by atoms with Gasteiger partial charge >= 0.3 is 6.36 Å². The number of rotatable bonds is 7. The Morgan fingerprint density at radius 2 is 1.67 bits per heavy atom. The summed E-state index contributed by atoms with van der Waals surface area (Å²) in [6.45, 7) is 0.251. The van der Waals surface area contributed by atoms with Crippen LogP contribution in [0.5, 0.6) is 5.75 Å². The first-order valence-electron chi connectivity index (χ1n) is 8.97. The summed E-state index contributed by atoms with van der Waals surface area (Å²) in [5.74, 6) is -0.772. The van der Waals surface area contributed by atoms with E-state index in [9.17, 15) is 22.8 Å². The molecule has 1 aliphatic rings. The molecule has 0 bridgehead atoms. The van der Waals surface area contributed by atoms with Gasteiger partial charge in [-0.25, -0.2) is 0 Å². The predicted molar refractivity (Wildman–Crippen MR) is 93.4 cm³/mol. The molecule has 1 aliphatic carbocycles. The Morgan fingerprint density at radius 3 is 2.26 bits per heavy atom. The zero-order chi connectivity index (χ0) is 19.9. The van der Waals surface area contributed by atoms with Crippen molar-refractivity contribution in [3.63, 3.8) is 0 Å². The van der Waals surface area contributed by atoms with Crippen LogP contribution < -0.4 is 20.3 Å². The molecule has 1 fully saturated rings. The van der Waals surface area contributed by atoms with Gasteiger partial charge in [-0.2, -0.15) is 0 Å². The second-order valence-corrected chi connectivity index (χ2v) is 6.83. The molecule has 3 N–H and O–H groups in total. The van der Waals surface area contributed by atoms with Gasteiger partial charge in [-0.3, -0.25) is 9.59 Å². The Balaban J connectivity index is 1.73.